The maximum absolute atomic E-state index is 4.87. The number of fused-ring (bicyclic) bond motifs is 1. The molecule has 4 rings (SSSR count). The van der Waals surface area contributed by atoms with Gasteiger partial charge >= 0.3 is 0 Å². The Morgan fingerprint density at radius 2 is 2.07 bits per heavy atom. The quantitative estimate of drug-likeness (QED) is 0.556. The fourth-order valence-corrected chi connectivity index (χ4v) is 4.42. The average Bonchev–Trinajstić information content (AvgIpc) is 3.37. The molecule has 3 heterocycles. The summed E-state index contributed by atoms with van der Waals surface area (Å²) in [6, 6.07) is 10.7. The Balaban J connectivity index is 1.64. The number of pyridine rings is 1. The minimum Gasteiger partial charge on any atom is -0.357 e. The number of anilines is 1. The van der Waals surface area contributed by atoms with Gasteiger partial charge in [-0.05, 0) is 54.7 Å². The summed E-state index contributed by atoms with van der Waals surface area (Å²) in [4.78, 5) is 16.1. The zero-order valence-electron chi connectivity index (χ0n) is 15.9. The molecule has 4 nitrogen and oxygen atoms in total. The first-order valence-electron chi connectivity index (χ1n) is 9.53. The number of aromatic nitrogens is 2. The Hall–Kier alpha value is -2.53. The monoisotopic (exact) mass is 376 g/mol. The van der Waals surface area contributed by atoms with E-state index in [1.807, 2.05) is 19.5 Å². The van der Waals surface area contributed by atoms with Gasteiger partial charge in [0.05, 0.1) is 10.2 Å². The zero-order chi connectivity index (χ0) is 18.6. The topological polar surface area (TPSA) is 41.4 Å². The third-order valence-electron chi connectivity index (χ3n) is 4.84. The van der Waals surface area contributed by atoms with Crippen LogP contribution < -0.4 is 4.90 Å². The number of allylic oxidation sites excluding steroid dienone is 2. The third kappa shape index (κ3) is 3.78. The van der Waals surface area contributed by atoms with E-state index in [-0.39, 0.29) is 0 Å². The van der Waals surface area contributed by atoms with Crippen LogP contribution in [-0.4, -0.2) is 36.3 Å². The minimum atomic E-state index is 0.983. The van der Waals surface area contributed by atoms with Gasteiger partial charge in [0.25, 0.3) is 0 Å². The van der Waals surface area contributed by atoms with Crippen LogP contribution in [0.25, 0.3) is 26.4 Å². The van der Waals surface area contributed by atoms with E-state index in [9.17, 15) is 0 Å². The van der Waals surface area contributed by atoms with Crippen molar-refractivity contribution in [3.63, 3.8) is 0 Å². The van der Waals surface area contributed by atoms with E-state index in [1.54, 1.807) is 11.3 Å². The van der Waals surface area contributed by atoms with E-state index < -0.39 is 0 Å². The van der Waals surface area contributed by atoms with Gasteiger partial charge in [-0.25, -0.2) is 9.97 Å². The van der Waals surface area contributed by atoms with Crippen LogP contribution in [0.3, 0.4) is 0 Å². The summed E-state index contributed by atoms with van der Waals surface area (Å²) in [7, 11) is 1.81. The van der Waals surface area contributed by atoms with E-state index in [1.165, 1.54) is 17.5 Å². The fourth-order valence-electron chi connectivity index (χ4n) is 3.48. The zero-order valence-corrected chi connectivity index (χ0v) is 16.7. The van der Waals surface area contributed by atoms with E-state index in [4.69, 9.17) is 4.98 Å². The number of thiazole rings is 1. The van der Waals surface area contributed by atoms with Crippen LogP contribution in [0.5, 0.6) is 0 Å². The molecule has 0 spiro atoms. The van der Waals surface area contributed by atoms with Gasteiger partial charge in [-0.3, -0.25) is 4.99 Å². The molecule has 0 saturated carbocycles. The summed E-state index contributed by atoms with van der Waals surface area (Å²) in [6.07, 6.45) is 9.58. The Labute approximate surface area is 164 Å². The molecule has 1 aromatic carbocycles. The Bertz CT molecular complexity index is 979. The smallest absolute Gasteiger partial charge is 0.128 e. The van der Waals surface area contributed by atoms with Gasteiger partial charge in [0.15, 0.2) is 0 Å². The van der Waals surface area contributed by atoms with Crippen LogP contribution in [0.2, 0.25) is 0 Å². The number of hydrogen-bond acceptors (Lipinski definition) is 5. The second-order valence-electron chi connectivity index (χ2n) is 6.76. The van der Waals surface area contributed by atoms with Crippen molar-refractivity contribution >= 4 is 39.2 Å². The molecule has 0 amide bonds. The summed E-state index contributed by atoms with van der Waals surface area (Å²) in [5.41, 5.74) is 4.42. The third-order valence-corrected chi connectivity index (χ3v) is 5.92. The first-order valence-corrected chi connectivity index (χ1v) is 10.3. The molecule has 2 aromatic heterocycles. The predicted molar refractivity (Wildman–Crippen MR) is 117 cm³/mol. The van der Waals surface area contributed by atoms with Crippen LogP contribution in [0.15, 0.2) is 47.6 Å². The molecule has 0 bridgehead atoms. The fraction of sp³-hybridized carbons (Fsp3) is 0.318. The molecule has 1 saturated heterocycles. The molecule has 138 valence electrons. The van der Waals surface area contributed by atoms with Gasteiger partial charge in [0.2, 0.25) is 0 Å². The number of rotatable bonds is 5. The van der Waals surface area contributed by atoms with Crippen molar-refractivity contribution in [1.82, 2.24) is 9.97 Å². The van der Waals surface area contributed by atoms with Crippen molar-refractivity contribution in [2.45, 2.75) is 26.2 Å². The largest absolute Gasteiger partial charge is 0.357 e. The lowest BCUT2D eigenvalue weighted by molar-refractivity contribution is 0.938. The van der Waals surface area contributed by atoms with E-state index in [2.05, 4.69) is 58.2 Å². The molecule has 0 N–H and O–H groups in total. The van der Waals surface area contributed by atoms with Crippen molar-refractivity contribution in [2.24, 2.45) is 4.99 Å². The maximum atomic E-state index is 4.87. The van der Waals surface area contributed by atoms with Crippen LogP contribution in [0, 0.1) is 0 Å². The molecule has 0 unspecified atom stereocenters. The van der Waals surface area contributed by atoms with Gasteiger partial charge in [0.1, 0.15) is 10.8 Å². The van der Waals surface area contributed by atoms with E-state index in [0.717, 1.165) is 52.6 Å². The lowest BCUT2D eigenvalue weighted by Crippen LogP contribution is -2.18. The highest BCUT2D eigenvalue weighted by atomic mass is 32.1. The number of benzene rings is 1. The Morgan fingerprint density at radius 1 is 1.22 bits per heavy atom. The lowest BCUT2D eigenvalue weighted by atomic mass is 10.1. The van der Waals surface area contributed by atoms with Crippen molar-refractivity contribution < 1.29 is 0 Å². The molecule has 1 aliphatic heterocycles. The van der Waals surface area contributed by atoms with Crippen molar-refractivity contribution in [3.05, 3.63) is 48.2 Å². The van der Waals surface area contributed by atoms with E-state index >= 15 is 0 Å². The van der Waals surface area contributed by atoms with Gasteiger partial charge in [0, 0.05) is 38.1 Å². The van der Waals surface area contributed by atoms with Gasteiger partial charge < -0.3 is 4.90 Å². The molecule has 5 heteroatoms. The highest BCUT2D eigenvalue weighted by molar-refractivity contribution is 7.21. The SMILES string of the molecule is CC/C=C(\C=NC)c1ccc2sc(-c3ccc(N4CCCC4)nc3)nc2c1. The first-order chi connectivity index (χ1) is 13.3. The molecular weight excluding hydrogens is 352 g/mol. The lowest BCUT2D eigenvalue weighted by Gasteiger charge is -2.15. The predicted octanol–water partition coefficient (Wildman–Crippen LogP) is 5.45. The van der Waals surface area contributed by atoms with Crippen LogP contribution >= 0.6 is 11.3 Å². The molecular formula is C22H24N4S. The molecule has 3 aromatic rings. The molecule has 0 aliphatic carbocycles. The molecule has 1 fully saturated rings. The summed E-state index contributed by atoms with van der Waals surface area (Å²) in [6.45, 7) is 4.37. The summed E-state index contributed by atoms with van der Waals surface area (Å²) >= 11 is 1.72. The summed E-state index contributed by atoms with van der Waals surface area (Å²) < 4.78 is 1.20. The number of nitrogens with zero attached hydrogens (tertiary/aromatic N) is 4. The molecule has 1 aliphatic rings. The minimum absolute atomic E-state index is 0.983. The van der Waals surface area contributed by atoms with Crippen LogP contribution in [0.4, 0.5) is 5.82 Å². The van der Waals surface area contributed by atoms with Crippen molar-refractivity contribution in [1.29, 1.82) is 0 Å². The maximum Gasteiger partial charge on any atom is 0.128 e. The van der Waals surface area contributed by atoms with Crippen LogP contribution in [0.1, 0.15) is 31.7 Å². The Kier molecular flexibility index (Phi) is 5.30. The number of aliphatic imine (C=N–C) groups is 1. The molecule has 0 radical (unpaired) electrons. The highest BCUT2D eigenvalue weighted by Gasteiger charge is 2.14. The Morgan fingerprint density at radius 3 is 2.78 bits per heavy atom. The standard InChI is InChI=1S/C22H24N4S/c1-3-6-17(14-23-2)16-7-9-20-19(13-16)25-22(27-20)18-8-10-21(24-15-18)26-11-4-5-12-26/h6-10,13-15H,3-5,11-12H2,1-2H3/b17-6+,23-14?. The van der Waals surface area contributed by atoms with Gasteiger partial charge in [-0.15, -0.1) is 11.3 Å². The molecule has 27 heavy (non-hydrogen) atoms. The van der Waals surface area contributed by atoms with Gasteiger partial charge in [-0.1, -0.05) is 19.1 Å². The highest BCUT2D eigenvalue weighted by Crippen LogP contribution is 2.32. The average molecular weight is 377 g/mol. The summed E-state index contributed by atoms with van der Waals surface area (Å²) in [5.74, 6) is 1.08. The normalized spacial score (nSPS) is 15.3. The summed E-state index contributed by atoms with van der Waals surface area (Å²) in [5, 5.41) is 1.02. The van der Waals surface area contributed by atoms with Crippen LogP contribution in [-0.2, 0) is 0 Å². The van der Waals surface area contributed by atoms with E-state index in [0.29, 0.717) is 0 Å². The van der Waals surface area contributed by atoms with Crippen molar-refractivity contribution in [3.8, 4) is 10.6 Å². The second kappa shape index (κ2) is 8.01. The second-order valence-corrected chi connectivity index (χ2v) is 7.79. The van der Waals surface area contributed by atoms with Crippen molar-refractivity contribution in [2.75, 3.05) is 25.0 Å². The molecule has 0 atom stereocenters. The van der Waals surface area contributed by atoms with Gasteiger partial charge in [-0.2, -0.15) is 0 Å². The number of hydrogen-bond donors (Lipinski definition) is 0. The first kappa shape index (κ1) is 17.9.